The number of ether oxygens (including phenoxy) is 1. The molecule has 223 valence electrons. The second-order valence-corrected chi connectivity index (χ2v) is 17.9. The SMILES string of the molecule is CC=C1COCC1=CC(=C([C]#[Os])[P+](c1ccccc1)(c1ccccc1)c1ccccc1)c1cc2sc3cc(/C=C/C)sc3c2s1. The van der Waals surface area contributed by atoms with Gasteiger partial charge in [-0.25, -0.2) is 0 Å². The Morgan fingerprint density at radius 3 is 1.84 bits per heavy atom. The molecule has 0 N–H and O–H groups in total. The van der Waals surface area contributed by atoms with Crippen molar-refractivity contribution in [2.24, 2.45) is 0 Å². The van der Waals surface area contributed by atoms with Gasteiger partial charge < -0.3 is 0 Å². The summed E-state index contributed by atoms with van der Waals surface area (Å²) in [6.45, 7) is 5.49. The quantitative estimate of drug-likeness (QED) is 0.146. The van der Waals surface area contributed by atoms with Crippen LogP contribution < -0.4 is 15.9 Å². The van der Waals surface area contributed by atoms with Crippen molar-refractivity contribution >= 4 is 87.6 Å². The van der Waals surface area contributed by atoms with Crippen molar-refractivity contribution in [3.63, 3.8) is 0 Å². The van der Waals surface area contributed by atoms with Crippen molar-refractivity contribution in [2.45, 2.75) is 13.8 Å². The van der Waals surface area contributed by atoms with Gasteiger partial charge in [0.1, 0.15) is 0 Å². The molecule has 4 heterocycles. The van der Waals surface area contributed by atoms with Gasteiger partial charge in [-0.05, 0) is 0 Å². The predicted octanol–water partition coefficient (Wildman–Crippen LogP) is 10.3. The van der Waals surface area contributed by atoms with Crippen LogP contribution in [-0.4, -0.2) is 13.2 Å². The summed E-state index contributed by atoms with van der Waals surface area (Å²) in [7, 11) is -2.37. The molecule has 0 atom stereocenters. The number of rotatable bonds is 7. The van der Waals surface area contributed by atoms with Crippen LogP contribution in [-0.2, 0) is 22.7 Å². The van der Waals surface area contributed by atoms with Gasteiger partial charge in [0.05, 0.1) is 0 Å². The van der Waals surface area contributed by atoms with Crippen LogP contribution in [0.15, 0.2) is 138 Å². The molecule has 45 heavy (non-hydrogen) atoms. The van der Waals surface area contributed by atoms with Crippen LogP contribution in [0.3, 0.4) is 0 Å². The van der Waals surface area contributed by atoms with E-state index in [0.29, 0.717) is 13.2 Å². The zero-order valence-corrected chi connectivity index (χ0v) is 30.9. The summed E-state index contributed by atoms with van der Waals surface area (Å²) in [5, 5.41) is 5.26. The first-order valence-electron chi connectivity index (χ1n) is 14.9. The zero-order chi connectivity index (χ0) is 30.8. The topological polar surface area (TPSA) is 9.23 Å². The van der Waals surface area contributed by atoms with Gasteiger partial charge in [0.15, 0.2) is 0 Å². The van der Waals surface area contributed by atoms with Crippen molar-refractivity contribution in [3.8, 4) is 4.37 Å². The van der Waals surface area contributed by atoms with E-state index in [9.17, 15) is 0 Å². The number of benzene rings is 3. The summed E-state index contributed by atoms with van der Waals surface area (Å²) in [5.74, 6) is 0. The van der Waals surface area contributed by atoms with E-state index in [1.54, 1.807) is 0 Å². The maximum absolute atomic E-state index is 6.01. The van der Waals surface area contributed by atoms with Gasteiger partial charge in [-0.15, -0.1) is 0 Å². The third-order valence-electron chi connectivity index (χ3n) is 8.14. The van der Waals surface area contributed by atoms with Crippen LogP contribution in [0.4, 0.5) is 0 Å². The molecule has 0 aliphatic carbocycles. The predicted molar refractivity (Wildman–Crippen MR) is 198 cm³/mol. The fourth-order valence-electron chi connectivity index (χ4n) is 6.10. The summed E-state index contributed by atoms with van der Waals surface area (Å²) < 4.78 is 15.4. The molecule has 3 aromatic carbocycles. The van der Waals surface area contributed by atoms with Crippen molar-refractivity contribution in [1.82, 2.24) is 0 Å². The number of allylic oxidation sites excluding steroid dienone is 5. The molecule has 6 heteroatoms. The first-order chi connectivity index (χ1) is 22.2. The van der Waals surface area contributed by atoms with Crippen LogP contribution in [0.1, 0.15) is 23.6 Å². The average Bonchev–Trinajstić information content (AvgIpc) is 3.87. The molecule has 1 fully saturated rings. The Kier molecular flexibility index (Phi) is 9.15. The molecule has 0 bridgehead atoms. The van der Waals surface area contributed by atoms with E-state index in [2.05, 4.69) is 146 Å². The summed E-state index contributed by atoms with van der Waals surface area (Å²) >= 11 is 7.58. The second kappa shape index (κ2) is 13.4. The monoisotopic (exact) mass is 834 g/mol. The van der Waals surface area contributed by atoms with E-state index in [-0.39, 0.29) is 0 Å². The van der Waals surface area contributed by atoms with Crippen LogP contribution >= 0.6 is 41.3 Å². The van der Waals surface area contributed by atoms with E-state index in [1.165, 1.54) is 66.5 Å². The van der Waals surface area contributed by atoms with Gasteiger partial charge in [-0.1, -0.05) is 0 Å². The normalized spacial score (nSPS) is 16.3. The van der Waals surface area contributed by atoms with Crippen LogP contribution in [0, 0.1) is 4.37 Å². The first-order valence-corrected chi connectivity index (χ1v) is 20.4. The summed E-state index contributed by atoms with van der Waals surface area (Å²) in [6.07, 6.45) is 8.97. The van der Waals surface area contributed by atoms with Gasteiger partial charge in [-0.3, -0.25) is 0 Å². The van der Waals surface area contributed by atoms with Crippen molar-refractivity contribution in [3.05, 3.63) is 148 Å². The van der Waals surface area contributed by atoms with Crippen LogP contribution in [0.5, 0.6) is 0 Å². The molecule has 1 aliphatic heterocycles. The second-order valence-electron chi connectivity index (χ2n) is 10.8. The Bertz CT molecular complexity index is 2060. The van der Waals surface area contributed by atoms with Crippen LogP contribution in [0.2, 0.25) is 0 Å². The minimum absolute atomic E-state index is 0.623. The Balaban J connectivity index is 1.61. The molecule has 0 radical (unpaired) electrons. The van der Waals surface area contributed by atoms with E-state index in [0.717, 1.165) is 0 Å². The van der Waals surface area contributed by atoms with Gasteiger partial charge >= 0.3 is 289 Å². The third kappa shape index (κ3) is 5.56. The average molecular weight is 833 g/mol. The Morgan fingerprint density at radius 1 is 0.733 bits per heavy atom. The van der Waals surface area contributed by atoms with Gasteiger partial charge in [0.25, 0.3) is 0 Å². The molecule has 0 saturated carbocycles. The molecule has 3 aromatic heterocycles. The van der Waals surface area contributed by atoms with Crippen molar-refractivity contribution in [1.29, 1.82) is 0 Å². The fraction of sp³-hybridized carbons (Fsp3) is 0.103. The number of fused-ring (bicyclic) bond motifs is 3. The Labute approximate surface area is 287 Å². The maximum atomic E-state index is 6.01. The van der Waals surface area contributed by atoms with Gasteiger partial charge in [0, 0.05) is 0 Å². The molecule has 7 rings (SSSR count). The molecule has 1 aliphatic rings. The van der Waals surface area contributed by atoms with E-state index in [4.69, 9.17) is 4.74 Å². The van der Waals surface area contributed by atoms with Crippen molar-refractivity contribution < 1.29 is 22.7 Å². The van der Waals surface area contributed by atoms with Crippen LogP contribution in [0.25, 0.3) is 30.4 Å². The summed E-state index contributed by atoms with van der Waals surface area (Å²) in [6, 6.07) is 38.2. The molecule has 1 nitrogen and oxygen atoms in total. The summed E-state index contributed by atoms with van der Waals surface area (Å²) in [5.41, 5.74) is 3.77. The molecular formula is C39H31OOsPS3+. The van der Waals surface area contributed by atoms with E-state index in [1.807, 2.05) is 52.0 Å². The van der Waals surface area contributed by atoms with E-state index < -0.39 is 7.26 Å². The number of hydrogen-bond acceptors (Lipinski definition) is 4. The standard InChI is InChI=1S/C39H31OPS3.Os/c1-4-15-33-23-36-38(42-33)39-37(43-36)24-35(44-39)34(22-29-26-40-25-28(29)5-2)27(3)41(30-16-9-6-10-17-30,31-18-11-7-12-19-31)32-20-13-8-14-21-32;/h4-24H,25-26H2,1-2H3;/q+1;/b15-4+,28-5?,29-22?,34-27?;. The fourth-order valence-corrected chi connectivity index (χ4v) is 16.0. The molecule has 0 spiro atoms. The third-order valence-corrected chi connectivity index (χ3v) is 17.3. The molecule has 1 saturated heterocycles. The molecule has 0 unspecified atom stereocenters. The number of thiophene rings is 3. The van der Waals surface area contributed by atoms with Gasteiger partial charge in [0.2, 0.25) is 0 Å². The molecular weight excluding hydrogens is 802 g/mol. The first kappa shape index (κ1) is 30.7. The summed E-state index contributed by atoms with van der Waals surface area (Å²) in [4.78, 5) is 2.60. The van der Waals surface area contributed by atoms with Crippen molar-refractivity contribution in [2.75, 3.05) is 13.2 Å². The molecule has 0 amide bonds. The molecule has 6 aromatic rings. The van der Waals surface area contributed by atoms with Gasteiger partial charge in [-0.2, -0.15) is 0 Å². The number of hydrogen-bond donors (Lipinski definition) is 0. The zero-order valence-electron chi connectivity index (χ0n) is 25.0. The Hall–Kier alpha value is -2.95. The minimum atomic E-state index is -2.37. The Morgan fingerprint density at radius 2 is 1.29 bits per heavy atom. The van der Waals surface area contributed by atoms with E-state index >= 15 is 0 Å².